The molecule has 0 spiro atoms. The topological polar surface area (TPSA) is 102 Å². The summed E-state index contributed by atoms with van der Waals surface area (Å²) in [7, 11) is 2.94. The number of amides is 1. The molecule has 26 heavy (non-hydrogen) atoms. The first-order valence-electron chi connectivity index (χ1n) is 8.11. The fraction of sp³-hybridized carbons (Fsp3) is 0.333. The summed E-state index contributed by atoms with van der Waals surface area (Å²) in [6.45, 7) is 2.85. The molecular formula is C18H22N4O4. The predicted octanol–water partition coefficient (Wildman–Crippen LogP) is 2.08. The fourth-order valence-electron chi connectivity index (χ4n) is 2.22. The minimum Gasteiger partial charge on any atom is -0.465 e. The first-order valence-corrected chi connectivity index (χ1v) is 8.11. The van der Waals surface area contributed by atoms with Gasteiger partial charge in [-0.15, -0.1) is 0 Å². The number of aromatic nitrogens is 2. The minimum atomic E-state index is -0.435. The van der Waals surface area contributed by atoms with E-state index in [2.05, 4.69) is 20.6 Å². The van der Waals surface area contributed by atoms with Gasteiger partial charge in [0, 0.05) is 31.6 Å². The third-order valence-corrected chi connectivity index (χ3v) is 3.44. The minimum absolute atomic E-state index is 0.265. The second-order valence-electron chi connectivity index (χ2n) is 5.52. The Kier molecular flexibility index (Phi) is 7.04. The highest BCUT2D eigenvalue weighted by molar-refractivity contribution is 5.93. The second-order valence-corrected chi connectivity index (χ2v) is 5.52. The molecule has 0 saturated heterocycles. The monoisotopic (exact) mass is 358 g/mol. The molecule has 0 aliphatic heterocycles. The smallest absolute Gasteiger partial charge is 0.337 e. The Labute approximate surface area is 151 Å². The van der Waals surface area contributed by atoms with Crippen molar-refractivity contribution in [1.29, 1.82) is 0 Å². The van der Waals surface area contributed by atoms with Crippen LogP contribution in [0.15, 0.2) is 30.3 Å². The maximum absolute atomic E-state index is 12.2. The lowest BCUT2D eigenvalue weighted by Crippen LogP contribution is -2.26. The Morgan fingerprint density at radius 2 is 1.96 bits per heavy atom. The molecule has 0 fully saturated rings. The highest BCUT2D eigenvalue weighted by atomic mass is 16.5. The summed E-state index contributed by atoms with van der Waals surface area (Å²) in [4.78, 5) is 32.4. The number of benzene rings is 1. The molecule has 1 heterocycles. The van der Waals surface area contributed by atoms with Crippen molar-refractivity contribution in [3.05, 3.63) is 47.3 Å². The lowest BCUT2D eigenvalue weighted by molar-refractivity contribution is 0.0600. The Balaban J connectivity index is 2.12. The van der Waals surface area contributed by atoms with Gasteiger partial charge in [0.25, 0.3) is 5.91 Å². The zero-order valence-electron chi connectivity index (χ0n) is 15.0. The fourth-order valence-corrected chi connectivity index (χ4v) is 2.22. The first-order chi connectivity index (χ1) is 12.5. The Morgan fingerprint density at radius 3 is 2.69 bits per heavy atom. The molecule has 1 amide bonds. The highest BCUT2D eigenvalue weighted by Crippen LogP contribution is 2.16. The van der Waals surface area contributed by atoms with E-state index < -0.39 is 5.97 Å². The van der Waals surface area contributed by atoms with Crippen molar-refractivity contribution in [3.8, 4) is 0 Å². The van der Waals surface area contributed by atoms with Gasteiger partial charge in [0.15, 0.2) is 0 Å². The standard InChI is InChI=1S/C18H22N4O4/c1-12-10-15(16(23)19-8-5-9-25-2)22-18(20-12)21-14-7-4-6-13(11-14)17(24)26-3/h4,6-7,10-11H,5,8-9H2,1-3H3,(H,19,23)(H,20,21,22). The maximum atomic E-state index is 12.2. The van der Waals surface area contributed by atoms with E-state index in [-0.39, 0.29) is 17.5 Å². The van der Waals surface area contributed by atoms with E-state index >= 15 is 0 Å². The molecule has 0 bridgehead atoms. The summed E-state index contributed by atoms with van der Waals surface area (Å²) in [6.07, 6.45) is 0.720. The number of hydrogen-bond donors (Lipinski definition) is 2. The van der Waals surface area contributed by atoms with E-state index in [1.165, 1.54) is 7.11 Å². The summed E-state index contributed by atoms with van der Waals surface area (Å²) in [5.41, 5.74) is 1.93. The number of carbonyl (C=O) groups is 2. The van der Waals surface area contributed by atoms with E-state index in [0.29, 0.717) is 30.1 Å². The van der Waals surface area contributed by atoms with Gasteiger partial charge in [-0.1, -0.05) is 6.07 Å². The molecular weight excluding hydrogens is 336 g/mol. The van der Waals surface area contributed by atoms with E-state index in [4.69, 9.17) is 9.47 Å². The van der Waals surface area contributed by atoms with Crippen LogP contribution in [0.2, 0.25) is 0 Å². The predicted molar refractivity (Wildman–Crippen MR) is 96.7 cm³/mol. The van der Waals surface area contributed by atoms with Gasteiger partial charge in [-0.25, -0.2) is 14.8 Å². The van der Waals surface area contributed by atoms with Gasteiger partial charge in [0.05, 0.1) is 12.7 Å². The molecule has 2 aromatic rings. The summed E-state index contributed by atoms with van der Waals surface area (Å²) >= 11 is 0. The molecule has 0 unspecified atom stereocenters. The number of aryl methyl sites for hydroxylation is 1. The molecule has 8 heteroatoms. The van der Waals surface area contributed by atoms with Gasteiger partial charge >= 0.3 is 5.97 Å². The van der Waals surface area contributed by atoms with Crippen molar-refractivity contribution in [1.82, 2.24) is 15.3 Å². The third kappa shape index (κ3) is 5.52. The molecule has 8 nitrogen and oxygen atoms in total. The third-order valence-electron chi connectivity index (χ3n) is 3.44. The quantitative estimate of drug-likeness (QED) is 0.550. The molecule has 1 aromatic carbocycles. The SMILES string of the molecule is COCCCNC(=O)c1cc(C)nc(Nc2cccc(C(=O)OC)c2)n1. The number of hydrogen-bond acceptors (Lipinski definition) is 7. The van der Waals surface area contributed by atoms with Crippen LogP contribution in [0.1, 0.15) is 33.0 Å². The number of esters is 1. The van der Waals surface area contributed by atoms with Gasteiger partial charge in [-0.05, 0) is 37.6 Å². The van der Waals surface area contributed by atoms with Gasteiger partial charge in [-0.3, -0.25) is 4.79 Å². The average Bonchev–Trinajstić information content (AvgIpc) is 2.64. The summed E-state index contributed by atoms with van der Waals surface area (Å²) in [5, 5.41) is 5.79. The van der Waals surface area contributed by atoms with Gasteiger partial charge in [0.1, 0.15) is 5.69 Å². The van der Waals surface area contributed by atoms with Crippen LogP contribution in [0, 0.1) is 6.92 Å². The van der Waals surface area contributed by atoms with Gasteiger partial charge < -0.3 is 20.1 Å². The van der Waals surface area contributed by atoms with Crippen molar-refractivity contribution in [2.75, 3.05) is 32.7 Å². The number of ether oxygens (including phenoxy) is 2. The van der Waals surface area contributed by atoms with E-state index in [9.17, 15) is 9.59 Å². The van der Waals surface area contributed by atoms with Gasteiger partial charge in [-0.2, -0.15) is 0 Å². The Hall–Kier alpha value is -3.00. The van der Waals surface area contributed by atoms with Gasteiger partial charge in [0.2, 0.25) is 5.95 Å². The molecule has 2 rings (SSSR count). The summed E-state index contributed by atoms with van der Waals surface area (Å²) < 4.78 is 9.65. The first kappa shape index (κ1) is 19.3. The number of nitrogens with zero attached hydrogens (tertiary/aromatic N) is 2. The van der Waals surface area contributed by atoms with E-state index in [1.807, 2.05) is 0 Å². The van der Waals surface area contributed by atoms with E-state index in [1.54, 1.807) is 44.4 Å². The van der Waals surface area contributed by atoms with Crippen LogP contribution in [-0.4, -0.2) is 49.2 Å². The van der Waals surface area contributed by atoms with Crippen LogP contribution in [0.5, 0.6) is 0 Å². The second kappa shape index (κ2) is 9.47. The van der Waals surface area contributed by atoms with Crippen molar-refractivity contribution in [2.45, 2.75) is 13.3 Å². The molecule has 0 radical (unpaired) electrons. The number of rotatable bonds is 8. The molecule has 0 atom stereocenters. The zero-order chi connectivity index (χ0) is 18.9. The lowest BCUT2D eigenvalue weighted by atomic mass is 10.2. The highest BCUT2D eigenvalue weighted by Gasteiger charge is 2.11. The van der Waals surface area contributed by atoms with Crippen LogP contribution in [-0.2, 0) is 9.47 Å². The van der Waals surface area contributed by atoms with Crippen molar-refractivity contribution in [3.63, 3.8) is 0 Å². The number of carbonyl (C=O) groups excluding carboxylic acids is 2. The summed E-state index contributed by atoms with van der Waals surface area (Å²) in [6, 6.07) is 8.37. The number of methoxy groups -OCH3 is 2. The molecule has 2 N–H and O–H groups in total. The van der Waals surface area contributed by atoms with Crippen molar-refractivity contribution in [2.24, 2.45) is 0 Å². The average molecular weight is 358 g/mol. The summed E-state index contributed by atoms with van der Waals surface area (Å²) in [5.74, 6) is -0.443. The van der Waals surface area contributed by atoms with Crippen LogP contribution < -0.4 is 10.6 Å². The van der Waals surface area contributed by atoms with Crippen LogP contribution in [0.4, 0.5) is 11.6 Å². The molecule has 138 valence electrons. The number of nitrogens with one attached hydrogen (secondary N) is 2. The molecule has 0 saturated carbocycles. The van der Waals surface area contributed by atoms with Crippen LogP contribution in [0.25, 0.3) is 0 Å². The Morgan fingerprint density at radius 1 is 1.15 bits per heavy atom. The molecule has 0 aliphatic rings. The molecule has 0 aliphatic carbocycles. The van der Waals surface area contributed by atoms with Crippen LogP contribution in [0.3, 0.4) is 0 Å². The van der Waals surface area contributed by atoms with E-state index in [0.717, 1.165) is 6.42 Å². The zero-order valence-corrected chi connectivity index (χ0v) is 15.0. The molecule has 1 aromatic heterocycles. The van der Waals surface area contributed by atoms with Crippen molar-refractivity contribution >= 4 is 23.5 Å². The van der Waals surface area contributed by atoms with Crippen LogP contribution >= 0.6 is 0 Å². The van der Waals surface area contributed by atoms with Crippen molar-refractivity contribution < 1.29 is 19.1 Å². The number of anilines is 2. The normalized spacial score (nSPS) is 10.3. The maximum Gasteiger partial charge on any atom is 0.337 e. The largest absolute Gasteiger partial charge is 0.465 e. The lowest BCUT2D eigenvalue weighted by Gasteiger charge is -2.09. The Bertz CT molecular complexity index is 780.